The van der Waals surface area contributed by atoms with E-state index in [0.29, 0.717) is 0 Å². The lowest BCUT2D eigenvalue weighted by Crippen LogP contribution is -2.11. The van der Waals surface area contributed by atoms with E-state index in [1.165, 1.54) is 5.69 Å². The summed E-state index contributed by atoms with van der Waals surface area (Å²) in [7, 11) is 5.78. The summed E-state index contributed by atoms with van der Waals surface area (Å²) in [6.45, 7) is 3.07. The maximum absolute atomic E-state index is 5.47. The average Bonchev–Trinajstić information content (AvgIpc) is 2.38. The van der Waals surface area contributed by atoms with Crippen molar-refractivity contribution in [3.8, 4) is 0 Å². The van der Waals surface area contributed by atoms with Crippen molar-refractivity contribution in [2.24, 2.45) is 0 Å². The molecule has 0 fully saturated rings. The number of hydrogen-bond acceptors (Lipinski definition) is 4. The summed E-state index contributed by atoms with van der Waals surface area (Å²) in [4.78, 5) is 2.09. The van der Waals surface area contributed by atoms with Crippen LogP contribution in [0.4, 0.5) is 11.4 Å². The molecule has 0 aliphatic rings. The lowest BCUT2D eigenvalue weighted by Gasteiger charge is -2.13. The van der Waals surface area contributed by atoms with Crippen molar-refractivity contribution in [2.75, 3.05) is 57.8 Å². The van der Waals surface area contributed by atoms with E-state index < -0.39 is 0 Å². The summed E-state index contributed by atoms with van der Waals surface area (Å²) in [6, 6.07) is 8.37. The lowest BCUT2D eigenvalue weighted by molar-refractivity contribution is 0.109. The molecule has 0 aromatic heterocycles. The maximum Gasteiger partial charge on any atom is 0.0639 e. The Hall–Kier alpha value is -1.26. The molecule has 0 amide bonds. The first-order valence-electron chi connectivity index (χ1n) is 6.32. The smallest absolute Gasteiger partial charge is 0.0639 e. The van der Waals surface area contributed by atoms with Gasteiger partial charge in [0.25, 0.3) is 0 Å². The number of benzene rings is 1. The third kappa shape index (κ3) is 5.89. The van der Waals surface area contributed by atoms with Gasteiger partial charge in [-0.15, -0.1) is 0 Å². The second-order valence-electron chi connectivity index (χ2n) is 4.33. The predicted molar refractivity (Wildman–Crippen MR) is 76.6 cm³/mol. The van der Waals surface area contributed by atoms with Gasteiger partial charge in [0.05, 0.1) is 6.61 Å². The van der Waals surface area contributed by atoms with Gasteiger partial charge >= 0.3 is 0 Å². The zero-order valence-corrected chi connectivity index (χ0v) is 11.6. The average molecular weight is 252 g/mol. The number of ether oxygens (including phenoxy) is 2. The number of nitrogens with zero attached hydrogens (tertiary/aromatic N) is 1. The van der Waals surface area contributed by atoms with E-state index in [2.05, 4.69) is 34.5 Å². The van der Waals surface area contributed by atoms with Crippen molar-refractivity contribution in [1.29, 1.82) is 0 Å². The molecule has 18 heavy (non-hydrogen) atoms. The molecule has 0 aliphatic heterocycles. The van der Waals surface area contributed by atoms with Crippen LogP contribution in [0.5, 0.6) is 0 Å². The van der Waals surface area contributed by atoms with Crippen LogP contribution in [0.25, 0.3) is 0 Å². The molecule has 0 saturated heterocycles. The van der Waals surface area contributed by atoms with Gasteiger partial charge in [-0.25, -0.2) is 0 Å². The third-order valence-corrected chi connectivity index (χ3v) is 2.60. The highest BCUT2D eigenvalue weighted by molar-refractivity contribution is 5.54. The normalized spacial score (nSPS) is 10.4. The first kappa shape index (κ1) is 14.8. The van der Waals surface area contributed by atoms with Crippen molar-refractivity contribution in [3.05, 3.63) is 24.3 Å². The van der Waals surface area contributed by atoms with Gasteiger partial charge in [0.1, 0.15) is 0 Å². The quantitative estimate of drug-likeness (QED) is 0.683. The minimum Gasteiger partial charge on any atom is -0.385 e. The molecule has 1 aromatic carbocycles. The van der Waals surface area contributed by atoms with Crippen LogP contribution in [-0.2, 0) is 9.47 Å². The van der Waals surface area contributed by atoms with Crippen LogP contribution in [0.15, 0.2) is 24.3 Å². The Morgan fingerprint density at radius 3 is 2.39 bits per heavy atom. The molecule has 4 heteroatoms. The van der Waals surface area contributed by atoms with Gasteiger partial charge in [0.2, 0.25) is 0 Å². The Labute approximate surface area is 110 Å². The number of rotatable bonds is 9. The van der Waals surface area contributed by atoms with Crippen molar-refractivity contribution in [2.45, 2.75) is 6.42 Å². The molecular weight excluding hydrogens is 228 g/mol. The molecule has 1 rings (SSSR count). The van der Waals surface area contributed by atoms with E-state index in [1.807, 2.05) is 14.1 Å². The van der Waals surface area contributed by atoms with Crippen molar-refractivity contribution >= 4 is 11.4 Å². The molecule has 1 N–H and O–H groups in total. The van der Waals surface area contributed by atoms with E-state index >= 15 is 0 Å². The van der Waals surface area contributed by atoms with E-state index in [4.69, 9.17) is 9.47 Å². The number of anilines is 2. The van der Waals surface area contributed by atoms with E-state index in [-0.39, 0.29) is 0 Å². The number of methoxy groups -OCH3 is 1. The minimum absolute atomic E-state index is 0.721. The summed E-state index contributed by atoms with van der Waals surface area (Å²) in [5.41, 5.74) is 2.33. The second-order valence-corrected chi connectivity index (χ2v) is 4.33. The summed E-state index contributed by atoms with van der Waals surface area (Å²) < 4.78 is 10.4. The molecule has 102 valence electrons. The Morgan fingerprint density at radius 1 is 1.06 bits per heavy atom. The van der Waals surface area contributed by atoms with E-state index in [1.54, 1.807) is 7.11 Å². The second kappa shape index (κ2) is 8.78. The standard InChI is InChI=1S/C14H24N2O2/c1-16(2)14-7-5-13(6-8-14)15-9-12-18-11-4-10-17-3/h5-8,15H,4,9-12H2,1-3H3. The molecule has 0 saturated carbocycles. The summed E-state index contributed by atoms with van der Waals surface area (Å²) in [6.07, 6.45) is 0.952. The van der Waals surface area contributed by atoms with Crippen LogP contribution < -0.4 is 10.2 Å². The molecule has 0 atom stereocenters. The molecule has 1 aromatic rings. The Balaban J connectivity index is 2.12. The zero-order chi connectivity index (χ0) is 13.2. The van der Waals surface area contributed by atoms with Gasteiger partial charge in [-0.2, -0.15) is 0 Å². The largest absolute Gasteiger partial charge is 0.385 e. The van der Waals surface area contributed by atoms with Gasteiger partial charge in [0.15, 0.2) is 0 Å². The predicted octanol–water partition coefficient (Wildman–Crippen LogP) is 2.22. The van der Waals surface area contributed by atoms with Gasteiger partial charge in [-0.05, 0) is 30.7 Å². The first-order chi connectivity index (χ1) is 8.74. The fraction of sp³-hybridized carbons (Fsp3) is 0.571. The maximum atomic E-state index is 5.47. The minimum atomic E-state index is 0.721. The molecule has 0 unspecified atom stereocenters. The molecule has 4 nitrogen and oxygen atoms in total. The van der Waals surface area contributed by atoms with Crippen LogP contribution in [0.3, 0.4) is 0 Å². The highest BCUT2D eigenvalue weighted by Gasteiger charge is 1.95. The van der Waals surface area contributed by atoms with Crippen LogP contribution in [0.2, 0.25) is 0 Å². The van der Waals surface area contributed by atoms with Crippen LogP contribution in [0.1, 0.15) is 6.42 Å². The monoisotopic (exact) mass is 252 g/mol. The topological polar surface area (TPSA) is 33.7 Å². The third-order valence-electron chi connectivity index (χ3n) is 2.60. The number of nitrogens with one attached hydrogen (secondary N) is 1. The molecule has 0 spiro atoms. The molecular formula is C14H24N2O2. The van der Waals surface area contributed by atoms with Gasteiger partial charge in [-0.3, -0.25) is 0 Å². The van der Waals surface area contributed by atoms with Crippen molar-refractivity contribution in [3.63, 3.8) is 0 Å². The van der Waals surface area contributed by atoms with Crippen LogP contribution >= 0.6 is 0 Å². The van der Waals surface area contributed by atoms with Crippen LogP contribution in [-0.4, -0.2) is 47.6 Å². The summed E-state index contributed by atoms with van der Waals surface area (Å²) >= 11 is 0. The highest BCUT2D eigenvalue weighted by Crippen LogP contribution is 2.15. The fourth-order valence-corrected chi connectivity index (χ4v) is 1.55. The number of hydrogen-bond donors (Lipinski definition) is 1. The summed E-state index contributed by atoms with van der Waals surface area (Å²) in [5.74, 6) is 0. The Morgan fingerprint density at radius 2 is 1.78 bits per heavy atom. The SMILES string of the molecule is COCCCOCCNc1ccc(N(C)C)cc1. The van der Waals surface area contributed by atoms with Gasteiger partial charge < -0.3 is 19.7 Å². The van der Waals surface area contributed by atoms with Gasteiger partial charge in [0, 0.05) is 52.3 Å². The Kier molecular flexibility index (Phi) is 7.22. The van der Waals surface area contributed by atoms with Crippen molar-refractivity contribution in [1.82, 2.24) is 0 Å². The zero-order valence-electron chi connectivity index (χ0n) is 11.6. The van der Waals surface area contributed by atoms with Crippen molar-refractivity contribution < 1.29 is 9.47 Å². The highest BCUT2D eigenvalue weighted by atomic mass is 16.5. The summed E-state index contributed by atoms with van der Waals surface area (Å²) in [5, 5.41) is 3.33. The van der Waals surface area contributed by atoms with Crippen LogP contribution in [0, 0.1) is 0 Å². The Bertz CT molecular complexity index is 312. The lowest BCUT2D eigenvalue weighted by atomic mass is 10.2. The molecule has 0 aliphatic carbocycles. The van der Waals surface area contributed by atoms with E-state index in [0.717, 1.165) is 38.5 Å². The van der Waals surface area contributed by atoms with E-state index in [9.17, 15) is 0 Å². The van der Waals surface area contributed by atoms with Gasteiger partial charge in [-0.1, -0.05) is 0 Å². The molecule has 0 radical (unpaired) electrons. The first-order valence-corrected chi connectivity index (χ1v) is 6.32. The fourth-order valence-electron chi connectivity index (χ4n) is 1.55. The molecule has 0 heterocycles. The molecule has 0 bridgehead atoms.